The van der Waals surface area contributed by atoms with E-state index in [9.17, 15) is 0 Å². The second kappa shape index (κ2) is 5.67. The first-order valence-corrected chi connectivity index (χ1v) is 6.59. The van der Waals surface area contributed by atoms with Crippen LogP contribution in [0, 0.1) is 0 Å². The first-order valence-electron chi connectivity index (χ1n) is 6.59. The Morgan fingerprint density at radius 1 is 0.950 bits per heavy atom. The summed E-state index contributed by atoms with van der Waals surface area (Å²) in [7, 11) is 0. The Kier molecular flexibility index (Phi) is 3.56. The molecule has 1 atom stereocenters. The standard InChI is InChI=1S/C16H16N4/c17-15(11-13-7-3-1-4-8-13)16-19-18-12-20(16)14-9-5-2-6-10-14/h1-10,12,15H,11,17H2. The molecule has 4 nitrogen and oxygen atoms in total. The number of para-hydroxylation sites is 1. The average Bonchev–Trinajstić information content (AvgIpc) is 2.99. The van der Waals surface area contributed by atoms with Crippen LogP contribution in [0.15, 0.2) is 67.0 Å². The van der Waals surface area contributed by atoms with E-state index in [2.05, 4.69) is 22.3 Å². The zero-order valence-corrected chi connectivity index (χ0v) is 11.1. The third-order valence-corrected chi connectivity index (χ3v) is 3.24. The molecule has 100 valence electrons. The van der Waals surface area contributed by atoms with E-state index in [-0.39, 0.29) is 6.04 Å². The molecular formula is C16H16N4. The van der Waals surface area contributed by atoms with Gasteiger partial charge < -0.3 is 5.73 Å². The van der Waals surface area contributed by atoms with Gasteiger partial charge in [0.2, 0.25) is 0 Å². The minimum absolute atomic E-state index is 0.180. The highest BCUT2D eigenvalue weighted by Gasteiger charge is 2.15. The van der Waals surface area contributed by atoms with Gasteiger partial charge in [0.05, 0.1) is 6.04 Å². The van der Waals surface area contributed by atoms with Gasteiger partial charge in [0.1, 0.15) is 6.33 Å². The summed E-state index contributed by atoms with van der Waals surface area (Å²) in [6.07, 6.45) is 2.45. The summed E-state index contributed by atoms with van der Waals surface area (Å²) in [5, 5.41) is 8.17. The predicted molar refractivity (Wildman–Crippen MR) is 78.4 cm³/mol. The van der Waals surface area contributed by atoms with Crippen LogP contribution in [0.1, 0.15) is 17.4 Å². The van der Waals surface area contributed by atoms with Crippen LogP contribution in [0.3, 0.4) is 0 Å². The van der Waals surface area contributed by atoms with Gasteiger partial charge in [-0.25, -0.2) is 0 Å². The highest BCUT2D eigenvalue weighted by atomic mass is 15.3. The Labute approximate surface area is 117 Å². The maximum absolute atomic E-state index is 6.29. The zero-order chi connectivity index (χ0) is 13.8. The van der Waals surface area contributed by atoms with Crippen LogP contribution in [0.4, 0.5) is 0 Å². The molecule has 1 aromatic heterocycles. The fourth-order valence-electron chi connectivity index (χ4n) is 2.24. The van der Waals surface area contributed by atoms with Crippen molar-refractivity contribution >= 4 is 0 Å². The molecule has 1 unspecified atom stereocenters. The maximum atomic E-state index is 6.29. The lowest BCUT2D eigenvalue weighted by Crippen LogP contribution is -2.18. The quantitative estimate of drug-likeness (QED) is 0.787. The van der Waals surface area contributed by atoms with Gasteiger partial charge in [-0.1, -0.05) is 48.5 Å². The van der Waals surface area contributed by atoms with Crippen molar-refractivity contribution in [1.29, 1.82) is 0 Å². The van der Waals surface area contributed by atoms with E-state index in [0.29, 0.717) is 0 Å². The van der Waals surface area contributed by atoms with Crippen molar-refractivity contribution in [3.63, 3.8) is 0 Å². The Morgan fingerprint density at radius 2 is 1.60 bits per heavy atom. The van der Waals surface area contributed by atoms with Crippen LogP contribution in [0.5, 0.6) is 0 Å². The first kappa shape index (κ1) is 12.6. The summed E-state index contributed by atoms with van der Waals surface area (Å²) in [4.78, 5) is 0. The molecular weight excluding hydrogens is 248 g/mol. The lowest BCUT2D eigenvalue weighted by atomic mass is 10.1. The van der Waals surface area contributed by atoms with Crippen LogP contribution >= 0.6 is 0 Å². The highest BCUT2D eigenvalue weighted by molar-refractivity contribution is 5.32. The van der Waals surface area contributed by atoms with E-state index in [0.717, 1.165) is 17.9 Å². The molecule has 0 amide bonds. The van der Waals surface area contributed by atoms with Gasteiger partial charge in [-0.3, -0.25) is 4.57 Å². The van der Waals surface area contributed by atoms with Gasteiger partial charge in [0.15, 0.2) is 5.82 Å². The molecule has 20 heavy (non-hydrogen) atoms. The number of hydrogen-bond donors (Lipinski definition) is 1. The molecule has 2 aromatic carbocycles. The summed E-state index contributed by atoms with van der Waals surface area (Å²) in [5.74, 6) is 0.778. The number of hydrogen-bond acceptors (Lipinski definition) is 3. The fraction of sp³-hybridized carbons (Fsp3) is 0.125. The summed E-state index contributed by atoms with van der Waals surface area (Å²) < 4.78 is 1.94. The van der Waals surface area contributed by atoms with E-state index in [1.807, 2.05) is 53.1 Å². The lowest BCUT2D eigenvalue weighted by molar-refractivity contribution is 0.650. The van der Waals surface area contributed by atoms with E-state index >= 15 is 0 Å². The molecule has 0 aliphatic rings. The van der Waals surface area contributed by atoms with Gasteiger partial charge in [0, 0.05) is 5.69 Å². The highest BCUT2D eigenvalue weighted by Crippen LogP contribution is 2.17. The van der Waals surface area contributed by atoms with Crippen molar-refractivity contribution in [3.8, 4) is 5.69 Å². The predicted octanol–water partition coefficient (Wildman–Crippen LogP) is 2.51. The topological polar surface area (TPSA) is 56.7 Å². The van der Waals surface area contributed by atoms with Crippen LogP contribution in [0.25, 0.3) is 5.69 Å². The summed E-state index contributed by atoms with van der Waals surface area (Å²) in [6, 6.07) is 20.0. The molecule has 0 saturated carbocycles. The minimum atomic E-state index is -0.180. The Bertz CT molecular complexity index is 661. The number of nitrogens with zero attached hydrogens (tertiary/aromatic N) is 3. The molecule has 4 heteroatoms. The van der Waals surface area contributed by atoms with Gasteiger partial charge in [0.25, 0.3) is 0 Å². The smallest absolute Gasteiger partial charge is 0.154 e. The SMILES string of the molecule is NC(Cc1ccccc1)c1nncn1-c1ccccc1. The number of aromatic nitrogens is 3. The molecule has 0 aliphatic carbocycles. The Balaban J connectivity index is 1.86. The van der Waals surface area contributed by atoms with E-state index in [1.54, 1.807) is 6.33 Å². The second-order valence-electron chi connectivity index (χ2n) is 4.69. The number of rotatable bonds is 4. The maximum Gasteiger partial charge on any atom is 0.154 e. The van der Waals surface area contributed by atoms with Crippen LogP contribution in [-0.4, -0.2) is 14.8 Å². The fourth-order valence-corrected chi connectivity index (χ4v) is 2.24. The summed E-state index contributed by atoms with van der Waals surface area (Å²) in [5.41, 5.74) is 8.51. The molecule has 0 saturated heterocycles. The van der Waals surface area contributed by atoms with Crippen molar-refractivity contribution in [3.05, 3.63) is 78.4 Å². The van der Waals surface area contributed by atoms with Crippen LogP contribution < -0.4 is 5.73 Å². The molecule has 0 spiro atoms. The van der Waals surface area contributed by atoms with Crippen molar-refractivity contribution < 1.29 is 0 Å². The van der Waals surface area contributed by atoms with Gasteiger partial charge in [-0.15, -0.1) is 10.2 Å². The minimum Gasteiger partial charge on any atom is -0.321 e. The van der Waals surface area contributed by atoms with Crippen molar-refractivity contribution in [1.82, 2.24) is 14.8 Å². The van der Waals surface area contributed by atoms with E-state index in [4.69, 9.17) is 5.73 Å². The molecule has 3 rings (SSSR count). The zero-order valence-electron chi connectivity index (χ0n) is 11.1. The Hall–Kier alpha value is -2.46. The lowest BCUT2D eigenvalue weighted by Gasteiger charge is -2.13. The van der Waals surface area contributed by atoms with E-state index in [1.165, 1.54) is 5.56 Å². The largest absolute Gasteiger partial charge is 0.321 e. The average molecular weight is 264 g/mol. The molecule has 2 N–H and O–H groups in total. The number of benzene rings is 2. The summed E-state index contributed by atoms with van der Waals surface area (Å²) >= 11 is 0. The molecule has 3 aromatic rings. The van der Waals surface area contributed by atoms with Crippen LogP contribution in [0.2, 0.25) is 0 Å². The van der Waals surface area contributed by atoms with Crippen molar-refractivity contribution in [2.45, 2.75) is 12.5 Å². The summed E-state index contributed by atoms with van der Waals surface area (Å²) in [6.45, 7) is 0. The molecule has 0 fully saturated rings. The monoisotopic (exact) mass is 264 g/mol. The van der Waals surface area contributed by atoms with Crippen LogP contribution in [-0.2, 0) is 6.42 Å². The first-order chi connectivity index (χ1) is 9.84. The normalized spacial score (nSPS) is 12.2. The third kappa shape index (κ3) is 2.60. The Morgan fingerprint density at radius 3 is 2.30 bits per heavy atom. The van der Waals surface area contributed by atoms with Crippen molar-refractivity contribution in [2.24, 2.45) is 5.73 Å². The van der Waals surface area contributed by atoms with Crippen molar-refractivity contribution in [2.75, 3.05) is 0 Å². The van der Waals surface area contributed by atoms with Gasteiger partial charge in [-0.05, 0) is 24.1 Å². The molecule has 0 aliphatic heterocycles. The van der Waals surface area contributed by atoms with Gasteiger partial charge in [-0.2, -0.15) is 0 Å². The molecule has 1 heterocycles. The van der Waals surface area contributed by atoms with Gasteiger partial charge >= 0.3 is 0 Å². The second-order valence-corrected chi connectivity index (χ2v) is 4.69. The molecule has 0 bridgehead atoms. The van der Waals surface area contributed by atoms with E-state index < -0.39 is 0 Å². The third-order valence-electron chi connectivity index (χ3n) is 3.24. The molecule has 0 radical (unpaired) electrons. The number of nitrogens with two attached hydrogens (primary N) is 1.